The Morgan fingerprint density at radius 1 is 1.09 bits per heavy atom. The molecular formula is C19H25N3O. The summed E-state index contributed by atoms with van der Waals surface area (Å²) < 4.78 is 1.85. The molecule has 1 amide bonds. The summed E-state index contributed by atoms with van der Waals surface area (Å²) in [6.45, 7) is 2.87. The lowest BCUT2D eigenvalue weighted by molar-refractivity contribution is 0.0916. The van der Waals surface area contributed by atoms with Gasteiger partial charge in [-0.1, -0.05) is 36.8 Å². The van der Waals surface area contributed by atoms with Gasteiger partial charge in [0.25, 0.3) is 5.91 Å². The number of carbonyl (C=O) groups excluding carboxylic acids is 1. The van der Waals surface area contributed by atoms with Gasteiger partial charge in [0.05, 0.1) is 6.04 Å². The van der Waals surface area contributed by atoms with Gasteiger partial charge in [-0.05, 0) is 43.6 Å². The number of aryl methyl sites for hydroxylation is 1. The van der Waals surface area contributed by atoms with Crippen molar-refractivity contribution in [1.82, 2.24) is 14.8 Å². The molecule has 122 valence electrons. The van der Waals surface area contributed by atoms with E-state index in [9.17, 15) is 4.79 Å². The fourth-order valence-corrected chi connectivity index (χ4v) is 3.34. The first kappa shape index (κ1) is 15.8. The van der Waals surface area contributed by atoms with Crippen molar-refractivity contribution < 1.29 is 4.79 Å². The predicted octanol–water partition coefficient (Wildman–Crippen LogP) is 2.98. The largest absolute Gasteiger partial charge is 0.349 e. The number of nitrogens with one attached hydrogen (secondary N) is 1. The van der Waals surface area contributed by atoms with Gasteiger partial charge in [-0.15, -0.1) is 0 Å². The van der Waals surface area contributed by atoms with Crippen LogP contribution in [0.2, 0.25) is 0 Å². The fraction of sp³-hybridized carbons (Fsp3) is 0.421. The van der Waals surface area contributed by atoms with Crippen LogP contribution in [0.1, 0.15) is 41.4 Å². The van der Waals surface area contributed by atoms with E-state index >= 15 is 0 Å². The third kappa shape index (κ3) is 3.82. The molecule has 1 aromatic heterocycles. The Balaban J connectivity index is 1.71. The molecule has 2 aromatic rings. The Morgan fingerprint density at radius 3 is 2.48 bits per heavy atom. The van der Waals surface area contributed by atoms with Crippen LogP contribution in [-0.2, 0) is 7.05 Å². The summed E-state index contributed by atoms with van der Waals surface area (Å²) in [5.41, 5.74) is 1.98. The molecule has 1 aromatic carbocycles. The maximum absolute atomic E-state index is 12.4. The number of carbonyl (C=O) groups is 1. The van der Waals surface area contributed by atoms with Crippen LogP contribution in [0.4, 0.5) is 0 Å². The van der Waals surface area contributed by atoms with E-state index in [1.807, 2.05) is 36.0 Å². The van der Waals surface area contributed by atoms with E-state index < -0.39 is 0 Å². The Morgan fingerprint density at radius 2 is 1.83 bits per heavy atom. The van der Waals surface area contributed by atoms with E-state index in [1.54, 1.807) is 0 Å². The molecule has 0 bridgehead atoms. The summed E-state index contributed by atoms with van der Waals surface area (Å²) in [6, 6.07) is 14.5. The monoisotopic (exact) mass is 311 g/mol. The van der Waals surface area contributed by atoms with E-state index in [0.717, 1.165) is 13.1 Å². The molecule has 0 saturated carbocycles. The maximum Gasteiger partial charge on any atom is 0.267 e. The normalized spacial score (nSPS) is 16.9. The molecule has 4 heteroatoms. The highest BCUT2D eigenvalue weighted by Crippen LogP contribution is 2.24. The molecular weight excluding hydrogens is 286 g/mol. The third-order valence-corrected chi connectivity index (χ3v) is 4.65. The van der Waals surface area contributed by atoms with Gasteiger partial charge in [-0.3, -0.25) is 9.69 Å². The number of piperidine rings is 1. The summed E-state index contributed by atoms with van der Waals surface area (Å²) in [7, 11) is 1.90. The first-order valence-corrected chi connectivity index (χ1v) is 8.44. The summed E-state index contributed by atoms with van der Waals surface area (Å²) in [6.07, 6.45) is 5.70. The van der Waals surface area contributed by atoms with Crippen molar-refractivity contribution in [1.29, 1.82) is 0 Å². The molecule has 1 aliphatic heterocycles. The molecule has 4 nitrogen and oxygen atoms in total. The number of benzene rings is 1. The van der Waals surface area contributed by atoms with Gasteiger partial charge in [0.15, 0.2) is 0 Å². The summed E-state index contributed by atoms with van der Waals surface area (Å²) in [5, 5.41) is 3.12. The van der Waals surface area contributed by atoms with Gasteiger partial charge in [-0.2, -0.15) is 0 Å². The Hall–Kier alpha value is -2.07. The third-order valence-electron chi connectivity index (χ3n) is 4.65. The van der Waals surface area contributed by atoms with E-state index in [0.29, 0.717) is 12.2 Å². The molecule has 3 rings (SSSR count). The van der Waals surface area contributed by atoms with Crippen LogP contribution >= 0.6 is 0 Å². The fourth-order valence-electron chi connectivity index (χ4n) is 3.34. The molecule has 2 heterocycles. The SMILES string of the molecule is Cn1cccc1C(=O)NC[C@@H](c1ccccc1)N1CCCCC1. The number of aromatic nitrogens is 1. The van der Waals surface area contributed by atoms with E-state index in [4.69, 9.17) is 0 Å². The zero-order valence-electron chi connectivity index (χ0n) is 13.7. The number of nitrogens with zero attached hydrogens (tertiary/aromatic N) is 2. The van der Waals surface area contributed by atoms with Crippen molar-refractivity contribution in [3.05, 3.63) is 59.9 Å². The van der Waals surface area contributed by atoms with Crippen LogP contribution in [0.5, 0.6) is 0 Å². The van der Waals surface area contributed by atoms with Crippen molar-refractivity contribution >= 4 is 5.91 Å². The summed E-state index contributed by atoms with van der Waals surface area (Å²) in [5.74, 6) is -0.00422. The van der Waals surface area contributed by atoms with Crippen molar-refractivity contribution in [2.45, 2.75) is 25.3 Å². The first-order chi connectivity index (χ1) is 11.3. The zero-order valence-corrected chi connectivity index (χ0v) is 13.7. The highest BCUT2D eigenvalue weighted by Gasteiger charge is 2.23. The van der Waals surface area contributed by atoms with E-state index in [1.165, 1.54) is 24.8 Å². The molecule has 1 fully saturated rings. The van der Waals surface area contributed by atoms with Gasteiger partial charge >= 0.3 is 0 Å². The highest BCUT2D eigenvalue weighted by atomic mass is 16.1. The lowest BCUT2D eigenvalue weighted by Crippen LogP contribution is -2.40. The molecule has 0 spiro atoms. The molecule has 1 atom stereocenters. The second-order valence-electron chi connectivity index (χ2n) is 6.24. The van der Waals surface area contributed by atoms with Crippen molar-refractivity contribution in [3.8, 4) is 0 Å². The smallest absolute Gasteiger partial charge is 0.267 e. The van der Waals surface area contributed by atoms with Crippen LogP contribution < -0.4 is 5.32 Å². The molecule has 0 unspecified atom stereocenters. The van der Waals surface area contributed by atoms with Crippen LogP contribution in [0.3, 0.4) is 0 Å². The topological polar surface area (TPSA) is 37.3 Å². The van der Waals surface area contributed by atoms with Crippen LogP contribution in [0.25, 0.3) is 0 Å². The van der Waals surface area contributed by atoms with Crippen LogP contribution in [-0.4, -0.2) is 35.0 Å². The highest BCUT2D eigenvalue weighted by molar-refractivity contribution is 5.92. The van der Waals surface area contributed by atoms with Gasteiger partial charge < -0.3 is 9.88 Å². The number of rotatable bonds is 5. The number of hydrogen-bond acceptors (Lipinski definition) is 2. The maximum atomic E-state index is 12.4. The average molecular weight is 311 g/mol. The second-order valence-corrected chi connectivity index (χ2v) is 6.24. The van der Waals surface area contributed by atoms with Crippen molar-refractivity contribution in [3.63, 3.8) is 0 Å². The molecule has 1 aliphatic rings. The Labute approximate surface area is 138 Å². The van der Waals surface area contributed by atoms with E-state index in [-0.39, 0.29) is 11.9 Å². The minimum absolute atomic E-state index is 0.00422. The lowest BCUT2D eigenvalue weighted by atomic mass is 10.0. The zero-order chi connectivity index (χ0) is 16.1. The summed E-state index contributed by atoms with van der Waals surface area (Å²) in [4.78, 5) is 14.9. The van der Waals surface area contributed by atoms with Gasteiger partial charge in [-0.25, -0.2) is 0 Å². The molecule has 23 heavy (non-hydrogen) atoms. The first-order valence-electron chi connectivity index (χ1n) is 8.44. The minimum atomic E-state index is -0.00422. The molecule has 0 aliphatic carbocycles. The van der Waals surface area contributed by atoms with Gasteiger partial charge in [0.2, 0.25) is 0 Å². The Bertz CT molecular complexity index is 629. The van der Waals surface area contributed by atoms with Crippen LogP contribution in [0, 0.1) is 0 Å². The predicted molar refractivity (Wildman–Crippen MR) is 92.4 cm³/mol. The standard InChI is InChI=1S/C19H25N3O/c1-21-12-8-11-17(21)19(23)20-15-18(16-9-4-2-5-10-16)22-13-6-3-7-14-22/h2,4-5,8-12,18H,3,6-7,13-15H2,1H3,(H,20,23)/t18-/m0/s1. The molecule has 1 saturated heterocycles. The minimum Gasteiger partial charge on any atom is -0.349 e. The van der Waals surface area contributed by atoms with E-state index in [2.05, 4.69) is 34.5 Å². The molecule has 1 N–H and O–H groups in total. The van der Waals surface area contributed by atoms with Crippen molar-refractivity contribution in [2.24, 2.45) is 7.05 Å². The quantitative estimate of drug-likeness (QED) is 0.922. The van der Waals surface area contributed by atoms with Crippen LogP contribution in [0.15, 0.2) is 48.7 Å². The van der Waals surface area contributed by atoms with Gasteiger partial charge in [0.1, 0.15) is 5.69 Å². The Kier molecular flexibility index (Phi) is 5.13. The number of hydrogen-bond donors (Lipinski definition) is 1. The van der Waals surface area contributed by atoms with Crippen molar-refractivity contribution in [2.75, 3.05) is 19.6 Å². The second kappa shape index (κ2) is 7.47. The van der Waals surface area contributed by atoms with Gasteiger partial charge in [0, 0.05) is 19.8 Å². The lowest BCUT2D eigenvalue weighted by Gasteiger charge is -2.35. The average Bonchev–Trinajstić information content (AvgIpc) is 3.03. The number of amides is 1. The number of likely N-dealkylation sites (tertiary alicyclic amines) is 1. The molecule has 0 radical (unpaired) electrons. The summed E-state index contributed by atoms with van der Waals surface area (Å²) >= 11 is 0.